The number of ether oxygens (including phenoxy) is 3. The van der Waals surface area contributed by atoms with Crippen LogP contribution >= 0.6 is 0 Å². The van der Waals surface area contributed by atoms with E-state index in [0.717, 1.165) is 27.3 Å². The molecule has 7 rings (SSSR count). The molecule has 1 aliphatic carbocycles. The van der Waals surface area contributed by atoms with E-state index in [2.05, 4.69) is 0 Å². The summed E-state index contributed by atoms with van der Waals surface area (Å²) in [5, 5.41) is 0. The summed E-state index contributed by atoms with van der Waals surface area (Å²) in [5.74, 6) is -2.62. The Morgan fingerprint density at radius 2 is 1.27 bits per heavy atom. The summed E-state index contributed by atoms with van der Waals surface area (Å²) >= 11 is 0. The van der Waals surface area contributed by atoms with Gasteiger partial charge >= 0.3 is 5.69 Å². The maximum atomic E-state index is 16.9. The molecular formula is C39H33FN2O6. The number of benzene rings is 4. The van der Waals surface area contributed by atoms with Crippen LogP contribution in [0.3, 0.4) is 0 Å². The first-order valence-electron chi connectivity index (χ1n) is 15.7. The van der Waals surface area contributed by atoms with E-state index < -0.39 is 52.6 Å². The highest BCUT2D eigenvalue weighted by molar-refractivity contribution is 5.95. The fourth-order valence-electron chi connectivity index (χ4n) is 6.75. The van der Waals surface area contributed by atoms with Gasteiger partial charge in [0.05, 0.1) is 6.61 Å². The molecular weight excluding hydrogens is 611 g/mol. The Kier molecular flexibility index (Phi) is 8.12. The molecule has 242 valence electrons. The minimum Gasteiger partial charge on any atom is -0.356 e. The normalized spacial score (nSPS) is 20.1. The quantitative estimate of drug-likeness (QED) is 0.193. The highest BCUT2D eigenvalue weighted by Gasteiger charge is 2.55. The summed E-state index contributed by atoms with van der Waals surface area (Å²) < 4.78 is 37.9. The lowest BCUT2D eigenvalue weighted by molar-refractivity contribution is -0.150. The number of hydrogen-bond acceptors (Lipinski definition) is 6. The van der Waals surface area contributed by atoms with E-state index in [0.29, 0.717) is 4.57 Å². The first kappa shape index (κ1) is 31.4. The molecule has 9 heteroatoms. The van der Waals surface area contributed by atoms with Crippen molar-refractivity contribution in [2.45, 2.75) is 43.5 Å². The van der Waals surface area contributed by atoms with Crippen LogP contribution < -0.4 is 11.2 Å². The zero-order valence-electron chi connectivity index (χ0n) is 26.4. The van der Waals surface area contributed by atoms with Crippen molar-refractivity contribution in [3.05, 3.63) is 188 Å². The molecule has 1 aliphatic heterocycles. The van der Waals surface area contributed by atoms with Gasteiger partial charge in [-0.25, -0.2) is 9.18 Å². The molecule has 0 radical (unpaired) electrons. The van der Waals surface area contributed by atoms with E-state index in [9.17, 15) is 14.4 Å². The zero-order valence-corrected chi connectivity index (χ0v) is 26.4. The molecule has 2 heterocycles. The van der Waals surface area contributed by atoms with Crippen molar-refractivity contribution in [1.82, 2.24) is 9.13 Å². The lowest BCUT2D eigenvalue weighted by atomic mass is 9.80. The van der Waals surface area contributed by atoms with Crippen LogP contribution in [0, 0.1) is 0 Å². The van der Waals surface area contributed by atoms with Crippen LogP contribution in [0.1, 0.15) is 46.9 Å². The van der Waals surface area contributed by atoms with Crippen LogP contribution in [-0.2, 0) is 19.8 Å². The summed E-state index contributed by atoms with van der Waals surface area (Å²) in [6.45, 7) is 3.20. The minimum absolute atomic E-state index is 0.143. The summed E-state index contributed by atoms with van der Waals surface area (Å²) in [6, 6.07) is 36.9. The standard InChI is InChI=1S/C39H33FN2O6/c1-38(2)47-34-30(25-46-39(27-17-9-4-10-18-27,28-19-11-5-12-20-28)29-21-13-6-14-22-29)32(40)33(35(34)48-38)41-24-23-31(43)42(37(41)45)36(44)26-15-7-3-8-16-26/h3-24,33-35H,25H2,1-2H3. The molecule has 1 aromatic heterocycles. The average molecular weight is 645 g/mol. The molecule has 1 fully saturated rings. The second-order valence-electron chi connectivity index (χ2n) is 12.3. The van der Waals surface area contributed by atoms with E-state index in [1.807, 2.05) is 91.0 Å². The fraction of sp³-hybridized carbons (Fsp3) is 0.205. The molecule has 0 amide bonds. The topological polar surface area (TPSA) is 88.8 Å². The molecule has 1 saturated heterocycles. The van der Waals surface area contributed by atoms with Crippen molar-refractivity contribution in [1.29, 1.82) is 0 Å². The molecule has 3 unspecified atom stereocenters. The number of nitrogens with zero attached hydrogens (tertiary/aromatic N) is 2. The minimum atomic E-state index is -1.32. The second kappa shape index (κ2) is 12.4. The Bertz CT molecular complexity index is 2000. The Morgan fingerprint density at radius 3 is 1.79 bits per heavy atom. The van der Waals surface area contributed by atoms with Gasteiger partial charge < -0.3 is 14.2 Å². The highest BCUT2D eigenvalue weighted by atomic mass is 19.1. The van der Waals surface area contributed by atoms with E-state index >= 15 is 4.39 Å². The first-order valence-corrected chi connectivity index (χ1v) is 15.7. The monoisotopic (exact) mass is 644 g/mol. The van der Waals surface area contributed by atoms with E-state index in [4.69, 9.17) is 14.2 Å². The third-order valence-electron chi connectivity index (χ3n) is 8.87. The van der Waals surface area contributed by atoms with E-state index in [1.54, 1.807) is 32.0 Å². The average Bonchev–Trinajstić information content (AvgIpc) is 3.55. The molecule has 0 N–H and O–H groups in total. The van der Waals surface area contributed by atoms with Crippen LogP contribution in [0.15, 0.2) is 155 Å². The van der Waals surface area contributed by atoms with Crippen molar-refractivity contribution in [3.63, 3.8) is 0 Å². The largest absolute Gasteiger partial charge is 0.356 e. The smallest absolute Gasteiger partial charge is 0.338 e. The molecule has 48 heavy (non-hydrogen) atoms. The lowest BCUT2D eigenvalue weighted by Gasteiger charge is -2.36. The van der Waals surface area contributed by atoms with Gasteiger partial charge in [-0.2, -0.15) is 4.57 Å². The van der Waals surface area contributed by atoms with Gasteiger partial charge in [-0.15, -0.1) is 0 Å². The van der Waals surface area contributed by atoms with Crippen LogP contribution in [0.4, 0.5) is 4.39 Å². The van der Waals surface area contributed by atoms with Gasteiger partial charge in [0.2, 0.25) is 0 Å². The summed E-state index contributed by atoms with van der Waals surface area (Å²) in [7, 11) is 0. The molecule has 5 aromatic rings. The lowest BCUT2D eigenvalue weighted by Crippen LogP contribution is -2.46. The number of aromatic nitrogens is 2. The maximum absolute atomic E-state index is 16.9. The van der Waals surface area contributed by atoms with Crippen molar-refractivity contribution >= 4 is 5.91 Å². The number of carbonyl (C=O) groups excluding carboxylic acids is 1. The first-order chi connectivity index (χ1) is 23.2. The number of fused-ring (bicyclic) bond motifs is 1. The number of carbonyl (C=O) groups is 1. The Hall–Kier alpha value is -5.22. The van der Waals surface area contributed by atoms with E-state index in [1.165, 1.54) is 18.3 Å². The molecule has 0 bridgehead atoms. The van der Waals surface area contributed by atoms with Gasteiger partial charge in [0.1, 0.15) is 29.7 Å². The van der Waals surface area contributed by atoms with Crippen molar-refractivity contribution in [2.75, 3.05) is 6.61 Å². The summed E-state index contributed by atoms with van der Waals surface area (Å²) in [6.07, 6.45) is -0.697. The molecule has 4 aromatic carbocycles. The Labute approximate surface area is 276 Å². The second-order valence-corrected chi connectivity index (χ2v) is 12.3. The number of hydrogen-bond donors (Lipinski definition) is 0. The molecule has 2 aliphatic rings. The fourth-order valence-corrected chi connectivity index (χ4v) is 6.75. The van der Waals surface area contributed by atoms with Crippen LogP contribution in [0.2, 0.25) is 0 Å². The third kappa shape index (κ3) is 5.35. The SMILES string of the molecule is CC1(C)OC2C(COC(c3ccccc3)(c3ccccc3)c3ccccc3)=C(F)C(n3ccc(=O)n(C(=O)c4ccccc4)c3=O)C2O1. The molecule has 8 nitrogen and oxygen atoms in total. The predicted octanol–water partition coefficient (Wildman–Crippen LogP) is 6.01. The van der Waals surface area contributed by atoms with Gasteiger partial charge in [-0.1, -0.05) is 109 Å². The van der Waals surface area contributed by atoms with Gasteiger partial charge in [-0.3, -0.25) is 14.2 Å². The van der Waals surface area contributed by atoms with Crippen LogP contribution in [0.25, 0.3) is 0 Å². The van der Waals surface area contributed by atoms with Crippen LogP contribution in [0.5, 0.6) is 0 Å². The molecule has 0 saturated carbocycles. The van der Waals surface area contributed by atoms with Gasteiger partial charge in [0, 0.05) is 23.4 Å². The van der Waals surface area contributed by atoms with E-state index in [-0.39, 0.29) is 17.7 Å². The predicted molar refractivity (Wildman–Crippen MR) is 177 cm³/mol. The zero-order chi connectivity index (χ0) is 33.5. The highest BCUT2D eigenvalue weighted by Crippen LogP contribution is 2.49. The van der Waals surface area contributed by atoms with Gasteiger partial charge in [0.25, 0.3) is 11.5 Å². The molecule has 0 spiro atoms. The van der Waals surface area contributed by atoms with Crippen molar-refractivity contribution in [3.8, 4) is 0 Å². The van der Waals surface area contributed by atoms with Crippen molar-refractivity contribution in [2.24, 2.45) is 0 Å². The van der Waals surface area contributed by atoms with Crippen LogP contribution in [-0.4, -0.2) is 39.6 Å². The third-order valence-corrected chi connectivity index (χ3v) is 8.87. The number of rotatable bonds is 8. The Balaban J connectivity index is 1.35. The summed E-state index contributed by atoms with van der Waals surface area (Å²) in [5.41, 5.74) is -0.145. The Morgan fingerprint density at radius 1 is 0.771 bits per heavy atom. The van der Waals surface area contributed by atoms with Gasteiger partial charge in [0.15, 0.2) is 5.79 Å². The summed E-state index contributed by atoms with van der Waals surface area (Å²) in [4.78, 5) is 40.0. The molecule has 3 atom stereocenters. The van der Waals surface area contributed by atoms with Gasteiger partial charge in [-0.05, 0) is 42.7 Å². The number of halogens is 1. The maximum Gasteiger partial charge on any atom is 0.338 e. The van der Waals surface area contributed by atoms with Crippen molar-refractivity contribution < 1.29 is 23.4 Å².